The van der Waals surface area contributed by atoms with Gasteiger partial charge in [0.15, 0.2) is 0 Å². The van der Waals surface area contributed by atoms with Gasteiger partial charge in [-0.3, -0.25) is 9.29 Å². The van der Waals surface area contributed by atoms with E-state index in [4.69, 9.17) is 0 Å². The summed E-state index contributed by atoms with van der Waals surface area (Å²) in [5.41, 5.74) is 0.595. The van der Waals surface area contributed by atoms with Crippen molar-refractivity contribution >= 4 is 47.6 Å². The Morgan fingerprint density at radius 2 is 1.80 bits per heavy atom. The van der Waals surface area contributed by atoms with E-state index in [9.17, 15) is 8.42 Å². The summed E-state index contributed by atoms with van der Waals surface area (Å²) in [4.78, 5) is 4.14. The fourth-order valence-electron chi connectivity index (χ4n) is 1.80. The summed E-state index contributed by atoms with van der Waals surface area (Å²) < 4.78 is 28.2. The summed E-state index contributed by atoms with van der Waals surface area (Å²) in [7, 11) is -3.61. The van der Waals surface area contributed by atoms with Gasteiger partial charge in [-0.25, -0.2) is 8.42 Å². The third-order valence-electron chi connectivity index (χ3n) is 2.70. The standard InChI is InChI=1S/C13H12Br2N2O2S/c1-2-17(11-5-7-16-8-6-11)20(18,19)13-4-3-10(14)9-12(13)15/h3-9H,2H2,1H3. The molecule has 0 N–H and O–H groups in total. The maximum absolute atomic E-state index is 12.8. The van der Waals surface area contributed by atoms with E-state index in [0.717, 1.165) is 4.47 Å². The highest BCUT2D eigenvalue weighted by atomic mass is 79.9. The topological polar surface area (TPSA) is 50.3 Å². The number of rotatable bonds is 4. The summed E-state index contributed by atoms with van der Waals surface area (Å²) in [5, 5.41) is 0. The lowest BCUT2D eigenvalue weighted by atomic mass is 10.4. The predicted octanol–water partition coefficient (Wildman–Crippen LogP) is 3.82. The number of hydrogen-bond donors (Lipinski definition) is 0. The van der Waals surface area contributed by atoms with Crippen LogP contribution in [0.2, 0.25) is 0 Å². The summed E-state index contributed by atoms with van der Waals surface area (Å²) in [6, 6.07) is 8.35. The van der Waals surface area contributed by atoms with E-state index in [1.54, 1.807) is 49.6 Å². The van der Waals surface area contributed by atoms with E-state index in [1.165, 1.54) is 4.31 Å². The summed E-state index contributed by atoms with van der Waals surface area (Å²) in [5.74, 6) is 0. The van der Waals surface area contributed by atoms with Crippen molar-refractivity contribution in [1.29, 1.82) is 0 Å². The van der Waals surface area contributed by atoms with Crippen LogP contribution >= 0.6 is 31.9 Å². The van der Waals surface area contributed by atoms with Crippen LogP contribution in [-0.4, -0.2) is 19.9 Å². The molecule has 0 bridgehead atoms. The molecule has 0 fully saturated rings. The zero-order valence-electron chi connectivity index (χ0n) is 10.6. The molecule has 0 saturated carbocycles. The highest BCUT2D eigenvalue weighted by molar-refractivity contribution is 9.11. The highest BCUT2D eigenvalue weighted by Gasteiger charge is 2.25. The molecule has 0 radical (unpaired) electrons. The first kappa shape index (κ1) is 15.5. The lowest BCUT2D eigenvalue weighted by Crippen LogP contribution is -2.31. The minimum atomic E-state index is -3.61. The van der Waals surface area contributed by atoms with Crippen LogP contribution in [0.1, 0.15) is 6.92 Å². The molecule has 1 aromatic heterocycles. The first-order valence-corrected chi connectivity index (χ1v) is 8.87. The lowest BCUT2D eigenvalue weighted by molar-refractivity contribution is 0.591. The maximum atomic E-state index is 12.8. The fourth-order valence-corrected chi connectivity index (χ4v) is 4.99. The fraction of sp³-hybridized carbons (Fsp3) is 0.154. The van der Waals surface area contributed by atoms with Crippen LogP contribution in [0.3, 0.4) is 0 Å². The van der Waals surface area contributed by atoms with Gasteiger partial charge in [-0.15, -0.1) is 0 Å². The Hall–Kier alpha value is -0.920. The SMILES string of the molecule is CCN(c1ccncc1)S(=O)(=O)c1ccc(Br)cc1Br. The number of aromatic nitrogens is 1. The van der Waals surface area contributed by atoms with Crippen molar-refractivity contribution in [2.45, 2.75) is 11.8 Å². The monoisotopic (exact) mass is 418 g/mol. The number of nitrogens with zero attached hydrogens (tertiary/aromatic N) is 2. The maximum Gasteiger partial charge on any atom is 0.265 e. The van der Waals surface area contributed by atoms with Gasteiger partial charge < -0.3 is 0 Å². The molecule has 0 amide bonds. The van der Waals surface area contributed by atoms with Gasteiger partial charge in [-0.1, -0.05) is 15.9 Å². The van der Waals surface area contributed by atoms with Gasteiger partial charge in [0, 0.05) is 27.9 Å². The van der Waals surface area contributed by atoms with Gasteiger partial charge in [-0.2, -0.15) is 0 Å². The number of benzene rings is 1. The molecule has 1 heterocycles. The number of sulfonamides is 1. The molecule has 20 heavy (non-hydrogen) atoms. The molecule has 7 heteroatoms. The van der Waals surface area contributed by atoms with Gasteiger partial charge in [0.05, 0.1) is 5.69 Å². The van der Waals surface area contributed by atoms with Crippen LogP contribution in [0.5, 0.6) is 0 Å². The van der Waals surface area contributed by atoms with Gasteiger partial charge in [0.2, 0.25) is 0 Å². The second-order valence-electron chi connectivity index (χ2n) is 3.95. The Bertz CT molecular complexity index is 706. The Labute approximate surface area is 135 Å². The Balaban J connectivity index is 2.53. The van der Waals surface area contributed by atoms with E-state index in [1.807, 2.05) is 0 Å². The third kappa shape index (κ3) is 3.05. The van der Waals surface area contributed by atoms with Gasteiger partial charge in [-0.05, 0) is 53.2 Å². The van der Waals surface area contributed by atoms with E-state index < -0.39 is 10.0 Å². The molecular weight excluding hydrogens is 408 g/mol. The molecule has 0 aliphatic rings. The van der Waals surface area contributed by atoms with Crippen LogP contribution < -0.4 is 4.31 Å². The first-order chi connectivity index (χ1) is 9.46. The Morgan fingerprint density at radius 1 is 1.15 bits per heavy atom. The van der Waals surface area contributed by atoms with Crippen molar-refractivity contribution in [3.05, 3.63) is 51.7 Å². The molecule has 0 aliphatic heterocycles. The molecule has 0 spiro atoms. The molecule has 106 valence electrons. The highest BCUT2D eigenvalue weighted by Crippen LogP contribution is 2.30. The molecule has 0 saturated heterocycles. The van der Waals surface area contributed by atoms with Crippen LogP contribution in [-0.2, 0) is 10.0 Å². The second-order valence-corrected chi connectivity index (χ2v) is 7.55. The van der Waals surface area contributed by atoms with Crippen LogP contribution in [0, 0.1) is 0 Å². The van der Waals surface area contributed by atoms with Crippen molar-refractivity contribution in [3.8, 4) is 0 Å². The minimum Gasteiger partial charge on any atom is -0.266 e. The average molecular weight is 420 g/mol. The van der Waals surface area contributed by atoms with Crippen LogP contribution in [0.15, 0.2) is 56.6 Å². The molecule has 2 aromatic rings. The van der Waals surface area contributed by atoms with Gasteiger partial charge in [0.1, 0.15) is 4.90 Å². The molecule has 0 atom stereocenters. The Morgan fingerprint density at radius 3 is 2.35 bits per heavy atom. The normalized spacial score (nSPS) is 11.3. The molecule has 0 aliphatic carbocycles. The summed E-state index contributed by atoms with van der Waals surface area (Å²) in [6.07, 6.45) is 3.15. The lowest BCUT2D eigenvalue weighted by Gasteiger charge is -2.23. The number of halogens is 2. The van der Waals surface area contributed by atoms with Crippen molar-refractivity contribution in [1.82, 2.24) is 4.98 Å². The predicted molar refractivity (Wildman–Crippen MR) is 86.3 cm³/mol. The molecular formula is C13H12Br2N2O2S. The molecule has 1 aromatic carbocycles. The molecule has 2 rings (SSSR count). The van der Waals surface area contributed by atoms with Crippen molar-refractivity contribution in [2.75, 3.05) is 10.8 Å². The summed E-state index contributed by atoms with van der Waals surface area (Å²) in [6.45, 7) is 2.14. The average Bonchev–Trinajstić information content (AvgIpc) is 2.40. The largest absolute Gasteiger partial charge is 0.266 e. The first-order valence-electron chi connectivity index (χ1n) is 5.84. The third-order valence-corrected chi connectivity index (χ3v) is 6.07. The van der Waals surface area contributed by atoms with Crippen LogP contribution in [0.4, 0.5) is 5.69 Å². The van der Waals surface area contributed by atoms with E-state index in [-0.39, 0.29) is 4.90 Å². The van der Waals surface area contributed by atoms with E-state index in [0.29, 0.717) is 16.7 Å². The van der Waals surface area contributed by atoms with E-state index >= 15 is 0 Å². The summed E-state index contributed by atoms with van der Waals surface area (Å²) >= 11 is 6.62. The molecule has 0 unspecified atom stereocenters. The van der Waals surface area contributed by atoms with Crippen LogP contribution in [0.25, 0.3) is 0 Å². The zero-order chi connectivity index (χ0) is 14.8. The second kappa shape index (κ2) is 6.24. The number of anilines is 1. The van der Waals surface area contributed by atoms with Crippen molar-refractivity contribution in [3.63, 3.8) is 0 Å². The zero-order valence-corrected chi connectivity index (χ0v) is 14.6. The Kier molecular flexibility index (Phi) is 4.82. The smallest absolute Gasteiger partial charge is 0.265 e. The van der Waals surface area contributed by atoms with E-state index in [2.05, 4.69) is 36.8 Å². The quantitative estimate of drug-likeness (QED) is 0.756. The van der Waals surface area contributed by atoms with Crippen molar-refractivity contribution < 1.29 is 8.42 Å². The van der Waals surface area contributed by atoms with Gasteiger partial charge in [0.25, 0.3) is 10.0 Å². The molecule has 4 nitrogen and oxygen atoms in total. The minimum absolute atomic E-state index is 0.236. The van der Waals surface area contributed by atoms with Crippen molar-refractivity contribution in [2.24, 2.45) is 0 Å². The number of hydrogen-bond acceptors (Lipinski definition) is 3. The van der Waals surface area contributed by atoms with Gasteiger partial charge >= 0.3 is 0 Å². The number of pyridine rings is 1.